The van der Waals surface area contributed by atoms with Crippen LogP contribution in [0.4, 0.5) is 16.2 Å². The van der Waals surface area contributed by atoms with E-state index in [1.165, 1.54) is 20.5 Å². The zero-order valence-corrected chi connectivity index (χ0v) is 20.6. The molecule has 9 nitrogen and oxygen atoms in total. The number of hydrogen-bond acceptors (Lipinski definition) is 7. The van der Waals surface area contributed by atoms with Crippen molar-refractivity contribution in [2.24, 2.45) is 0 Å². The third-order valence-electron chi connectivity index (χ3n) is 5.09. The summed E-state index contributed by atoms with van der Waals surface area (Å²) in [5.74, 6) is 1.46. The number of carbonyl (C=O) groups excluding carboxylic acids is 1. The molecule has 2 amide bonds. The molecule has 2 N–H and O–H groups in total. The molecule has 11 heteroatoms. The van der Waals surface area contributed by atoms with Gasteiger partial charge in [0, 0.05) is 27.9 Å². The topological polar surface area (TPSA) is 103 Å². The van der Waals surface area contributed by atoms with Gasteiger partial charge in [-0.3, -0.25) is 0 Å². The lowest BCUT2D eigenvalue weighted by Crippen LogP contribution is -2.19. The molecule has 0 atom stereocenters. The van der Waals surface area contributed by atoms with Crippen LogP contribution >= 0.6 is 23.4 Å². The molecule has 2 aromatic carbocycles. The maximum atomic E-state index is 12.5. The molecule has 2 heterocycles. The van der Waals surface area contributed by atoms with E-state index in [1.807, 2.05) is 31.2 Å². The molecule has 0 aliphatic heterocycles. The van der Waals surface area contributed by atoms with Crippen LogP contribution in [0.15, 0.2) is 52.6 Å². The Balaban J connectivity index is 1.48. The van der Waals surface area contributed by atoms with Crippen molar-refractivity contribution in [3.63, 3.8) is 0 Å². The minimum atomic E-state index is -0.428. The number of nitrogens with zero attached hydrogens (tertiary/aromatic N) is 4. The number of urea groups is 1. The van der Waals surface area contributed by atoms with Gasteiger partial charge in [0.2, 0.25) is 0 Å². The monoisotopic (exact) mass is 498 g/mol. The van der Waals surface area contributed by atoms with Gasteiger partial charge < -0.3 is 20.1 Å². The number of hydrogen-bond donors (Lipinski definition) is 2. The van der Waals surface area contributed by atoms with Crippen LogP contribution in [0.25, 0.3) is 5.78 Å². The molecule has 0 bridgehead atoms. The van der Waals surface area contributed by atoms with Gasteiger partial charge in [0.1, 0.15) is 22.9 Å². The van der Waals surface area contributed by atoms with Crippen LogP contribution in [0.1, 0.15) is 18.2 Å². The maximum Gasteiger partial charge on any atom is 0.323 e. The number of halogens is 1. The number of nitrogens with one attached hydrogen (secondary N) is 2. The number of rotatable bonds is 7. The molecular weight excluding hydrogens is 476 g/mol. The fourth-order valence-electron chi connectivity index (χ4n) is 3.43. The Hall–Kier alpha value is -3.50. The summed E-state index contributed by atoms with van der Waals surface area (Å²) < 4.78 is 12.3. The van der Waals surface area contributed by atoms with Gasteiger partial charge in [0.05, 0.1) is 24.9 Å². The molecule has 4 aromatic rings. The normalized spacial score (nSPS) is 10.9. The molecule has 0 spiro atoms. The summed E-state index contributed by atoms with van der Waals surface area (Å²) in [6.45, 7) is 4.07. The molecule has 2 aromatic heterocycles. The number of benzene rings is 2. The minimum Gasteiger partial charge on any atom is -0.495 e. The van der Waals surface area contributed by atoms with Gasteiger partial charge in [-0.05, 0) is 43.7 Å². The number of amides is 2. The fourth-order valence-corrected chi connectivity index (χ4v) is 4.79. The van der Waals surface area contributed by atoms with E-state index in [9.17, 15) is 4.79 Å². The highest BCUT2D eigenvalue weighted by Crippen LogP contribution is 2.36. The Bertz CT molecular complexity index is 1340. The van der Waals surface area contributed by atoms with E-state index in [2.05, 4.69) is 32.6 Å². The SMILES string of the molecule is CCc1c(C)nc2ncnn2c1Sc1ccc(NC(=O)Nc2cc(Cl)c(OC)cc2OC)cc1. The molecule has 0 aliphatic rings. The van der Waals surface area contributed by atoms with Crippen LogP contribution in [-0.2, 0) is 6.42 Å². The van der Waals surface area contributed by atoms with Crippen molar-refractivity contribution in [3.8, 4) is 11.5 Å². The Labute approximate surface area is 205 Å². The van der Waals surface area contributed by atoms with E-state index >= 15 is 0 Å². The summed E-state index contributed by atoms with van der Waals surface area (Å²) in [6.07, 6.45) is 2.33. The van der Waals surface area contributed by atoms with Gasteiger partial charge in [-0.15, -0.1) is 0 Å². The second kappa shape index (κ2) is 10.2. The molecule has 0 unspecified atom stereocenters. The van der Waals surface area contributed by atoms with Gasteiger partial charge in [0.25, 0.3) is 5.78 Å². The van der Waals surface area contributed by atoms with Crippen LogP contribution in [0, 0.1) is 6.92 Å². The average Bonchev–Trinajstić information content (AvgIpc) is 3.29. The Morgan fingerprint density at radius 1 is 1.12 bits per heavy atom. The third-order valence-corrected chi connectivity index (χ3v) is 6.50. The Kier molecular flexibility index (Phi) is 7.09. The summed E-state index contributed by atoms with van der Waals surface area (Å²) in [5.41, 5.74) is 3.12. The van der Waals surface area contributed by atoms with Gasteiger partial charge in [-0.1, -0.05) is 30.3 Å². The fraction of sp³-hybridized carbons (Fsp3) is 0.217. The lowest BCUT2D eigenvalue weighted by atomic mass is 10.2. The summed E-state index contributed by atoms with van der Waals surface area (Å²) in [4.78, 5) is 22.3. The molecule has 0 fully saturated rings. The first-order chi connectivity index (χ1) is 16.4. The minimum absolute atomic E-state index is 0.360. The molecule has 0 aliphatic carbocycles. The third kappa shape index (κ3) is 4.87. The van der Waals surface area contributed by atoms with E-state index in [4.69, 9.17) is 21.1 Å². The van der Waals surface area contributed by atoms with E-state index in [-0.39, 0.29) is 0 Å². The number of fused-ring (bicyclic) bond motifs is 1. The molecule has 0 saturated carbocycles. The van der Waals surface area contributed by atoms with Crippen molar-refractivity contribution in [2.75, 3.05) is 24.9 Å². The molecule has 34 heavy (non-hydrogen) atoms. The van der Waals surface area contributed by atoms with Crippen LogP contribution in [0.3, 0.4) is 0 Å². The molecule has 176 valence electrons. The predicted molar refractivity (Wildman–Crippen MR) is 133 cm³/mol. The average molecular weight is 499 g/mol. The van der Waals surface area contributed by atoms with E-state index < -0.39 is 6.03 Å². The van der Waals surface area contributed by atoms with E-state index in [0.29, 0.717) is 33.7 Å². The number of aryl methyl sites for hydroxylation is 1. The van der Waals surface area contributed by atoms with Gasteiger partial charge in [-0.2, -0.15) is 14.6 Å². The number of carbonyl (C=O) groups is 1. The van der Waals surface area contributed by atoms with Gasteiger partial charge in [0.15, 0.2) is 0 Å². The first kappa shape index (κ1) is 23.7. The van der Waals surface area contributed by atoms with Crippen molar-refractivity contribution >= 4 is 46.5 Å². The van der Waals surface area contributed by atoms with Crippen molar-refractivity contribution in [1.29, 1.82) is 0 Å². The molecule has 0 saturated heterocycles. The van der Waals surface area contributed by atoms with E-state index in [0.717, 1.165) is 27.6 Å². The number of ether oxygens (including phenoxy) is 2. The van der Waals surface area contributed by atoms with Crippen molar-refractivity contribution in [3.05, 3.63) is 59.0 Å². The number of methoxy groups -OCH3 is 2. The number of anilines is 2. The van der Waals surface area contributed by atoms with Crippen molar-refractivity contribution < 1.29 is 14.3 Å². The largest absolute Gasteiger partial charge is 0.495 e. The smallest absolute Gasteiger partial charge is 0.323 e. The summed E-state index contributed by atoms with van der Waals surface area (Å²) in [5, 5.41) is 11.2. The first-order valence-corrected chi connectivity index (χ1v) is 11.6. The van der Waals surface area contributed by atoms with Crippen LogP contribution in [0.2, 0.25) is 5.02 Å². The maximum absolute atomic E-state index is 12.5. The standard InChI is InChI=1S/C23H23ClN6O3S/c1-5-16-13(2)27-22-25-12-26-30(22)21(16)34-15-8-6-14(7-9-15)28-23(31)29-18-10-17(24)19(32-3)11-20(18)33-4/h6-12H,5H2,1-4H3,(H2,28,29,31). The Morgan fingerprint density at radius 3 is 2.53 bits per heavy atom. The van der Waals surface area contributed by atoms with Crippen molar-refractivity contribution in [2.45, 2.75) is 30.2 Å². The quantitative estimate of drug-likeness (QED) is 0.326. The molecule has 4 rings (SSSR count). The van der Waals surface area contributed by atoms with Gasteiger partial charge in [-0.25, -0.2) is 9.78 Å². The highest BCUT2D eigenvalue weighted by atomic mass is 35.5. The second-order valence-corrected chi connectivity index (χ2v) is 8.67. The zero-order valence-electron chi connectivity index (χ0n) is 19.0. The zero-order chi connectivity index (χ0) is 24.2. The highest BCUT2D eigenvalue weighted by Gasteiger charge is 2.15. The Morgan fingerprint density at radius 2 is 1.85 bits per heavy atom. The highest BCUT2D eigenvalue weighted by molar-refractivity contribution is 7.99. The lowest BCUT2D eigenvalue weighted by molar-refractivity contribution is 0.262. The van der Waals surface area contributed by atoms with Crippen LogP contribution in [0.5, 0.6) is 11.5 Å². The second-order valence-electron chi connectivity index (χ2n) is 7.20. The predicted octanol–water partition coefficient (Wildman–Crippen LogP) is 5.46. The van der Waals surface area contributed by atoms with E-state index in [1.54, 1.807) is 28.4 Å². The first-order valence-electron chi connectivity index (χ1n) is 10.4. The number of aromatic nitrogens is 4. The van der Waals surface area contributed by atoms with Crippen LogP contribution in [-0.4, -0.2) is 39.8 Å². The van der Waals surface area contributed by atoms with Gasteiger partial charge >= 0.3 is 6.03 Å². The lowest BCUT2D eigenvalue weighted by Gasteiger charge is -2.14. The van der Waals surface area contributed by atoms with Crippen molar-refractivity contribution in [1.82, 2.24) is 19.6 Å². The molecule has 0 radical (unpaired) electrons. The summed E-state index contributed by atoms with van der Waals surface area (Å²) >= 11 is 7.75. The summed E-state index contributed by atoms with van der Waals surface area (Å²) in [6, 6.07) is 10.3. The van der Waals surface area contributed by atoms with Crippen LogP contribution < -0.4 is 20.1 Å². The summed E-state index contributed by atoms with van der Waals surface area (Å²) in [7, 11) is 3.01. The molecular formula is C23H23ClN6O3S.